The Bertz CT molecular complexity index is 707. The summed E-state index contributed by atoms with van der Waals surface area (Å²) in [5.41, 5.74) is 0.484. The number of hydrogen-bond acceptors (Lipinski definition) is 3. The fraction of sp³-hybridized carbons (Fsp3) is 0.562. The molecule has 3 unspecified atom stereocenters. The zero-order valence-electron chi connectivity index (χ0n) is 13.0. The van der Waals surface area contributed by atoms with Gasteiger partial charge in [-0.1, -0.05) is 18.6 Å². The zero-order valence-corrected chi connectivity index (χ0v) is 15.4. The highest BCUT2D eigenvalue weighted by molar-refractivity contribution is 9.10. The molecular weight excluding hydrogens is 380 g/mol. The molecule has 0 saturated heterocycles. The summed E-state index contributed by atoms with van der Waals surface area (Å²) in [5.74, 6) is 1.07. The Kier molecular flexibility index (Phi) is 4.69. The number of carbonyl (C=O) groups excluding carboxylic acids is 1. The van der Waals surface area contributed by atoms with Gasteiger partial charge >= 0.3 is 0 Å². The van der Waals surface area contributed by atoms with Crippen molar-refractivity contribution < 1.29 is 13.2 Å². The van der Waals surface area contributed by atoms with Crippen LogP contribution < -0.4 is 9.62 Å². The molecule has 1 amide bonds. The first-order valence-electron chi connectivity index (χ1n) is 7.86. The number of sulfonamides is 1. The van der Waals surface area contributed by atoms with Gasteiger partial charge < -0.3 is 5.32 Å². The Labute approximate surface area is 145 Å². The van der Waals surface area contributed by atoms with E-state index in [9.17, 15) is 13.2 Å². The van der Waals surface area contributed by atoms with E-state index in [2.05, 4.69) is 21.2 Å². The maximum atomic E-state index is 12.4. The van der Waals surface area contributed by atoms with Gasteiger partial charge in [-0.15, -0.1) is 0 Å². The monoisotopic (exact) mass is 400 g/mol. The van der Waals surface area contributed by atoms with Gasteiger partial charge in [0.05, 0.1) is 11.9 Å². The number of benzene rings is 1. The standard InChI is InChI=1S/C16H21BrN2O3S/c1-23(21,22)19(15-5-3-2-4-13(15)17)10-16(20)18-14-9-11-6-7-12(14)8-11/h2-5,11-12,14H,6-10H2,1H3,(H,18,20). The lowest BCUT2D eigenvalue weighted by atomic mass is 9.95. The van der Waals surface area contributed by atoms with Gasteiger partial charge in [0.1, 0.15) is 6.54 Å². The topological polar surface area (TPSA) is 66.5 Å². The molecule has 1 aromatic rings. The van der Waals surface area contributed by atoms with Gasteiger partial charge in [0.25, 0.3) is 0 Å². The number of fused-ring (bicyclic) bond motifs is 2. The van der Waals surface area contributed by atoms with Crippen LogP contribution in [0.2, 0.25) is 0 Å². The third kappa shape index (κ3) is 3.71. The Morgan fingerprint density at radius 1 is 1.30 bits per heavy atom. The van der Waals surface area contributed by atoms with Gasteiger partial charge in [0, 0.05) is 10.5 Å². The molecule has 0 aromatic heterocycles. The highest BCUT2D eigenvalue weighted by Gasteiger charge is 2.40. The van der Waals surface area contributed by atoms with E-state index >= 15 is 0 Å². The van der Waals surface area contributed by atoms with E-state index in [-0.39, 0.29) is 18.5 Å². The van der Waals surface area contributed by atoms with Gasteiger partial charge in [0.2, 0.25) is 15.9 Å². The number of carbonyl (C=O) groups is 1. The second kappa shape index (κ2) is 6.43. The number of amides is 1. The van der Waals surface area contributed by atoms with Crippen LogP contribution in [0.15, 0.2) is 28.7 Å². The molecule has 5 nitrogen and oxygen atoms in total. The predicted molar refractivity (Wildman–Crippen MR) is 93.7 cm³/mol. The Morgan fingerprint density at radius 3 is 2.61 bits per heavy atom. The van der Waals surface area contributed by atoms with Crippen molar-refractivity contribution in [3.63, 3.8) is 0 Å². The van der Waals surface area contributed by atoms with E-state index in [1.807, 2.05) is 6.07 Å². The first kappa shape index (κ1) is 16.8. The smallest absolute Gasteiger partial charge is 0.241 e. The number of nitrogens with zero attached hydrogens (tertiary/aromatic N) is 1. The lowest BCUT2D eigenvalue weighted by Gasteiger charge is -2.26. The van der Waals surface area contributed by atoms with Gasteiger partial charge in [0.15, 0.2) is 0 Å². The molecule has 1 N–H and O–H groups in total. The number of rotatable bonds is 5. The normalized spacial score (nSPS) is 26.3. The first-order chi connectivity index (χ1) is 10.8. The van der Waals surface area contributed by atoms with E-state index in [0.717, 1.165) is 22.9 Å². The first-order valence-corrected chi connectivity index (χ1v) is 10.5. The highest BCUT2D eigenvalue weighted by Crippen LogP contribution is 2.44. The number of para-hydroxylation sites is 1. The van der Waals surface area contributed by atoms with Crippen molar-refractivity contribution in [2.75, 3.05) is 17.1 Å². The number of anilines is 1. The predicted octanol–water partition coefficient (Wildman–Crippen LogP) is 2.52. The zero-order chi connectivity index (χ0) is 16.6. The quantitative estimate of drug-likeness (QED) is 0.825. The summed E-state index contributed by atoms with van der Waals surface area (Å²) in [4.78, 5) is 12.4. The van der Waals surface area contributed by atoms with Crippen molar-refractivity contribution in [3.8, 4) is 0 Å². The van der Waals surface area contributed by atoms with Gasteiger partial charge in [-0.3, -0.25) is 9.10 Å². The van der Waals surface area contributed by atoms with E-state index in [1.54, 1.807) is 18.2 Å². The van der Waals surface area contributed by atoms with Crippen LogP contribution in [0.1, 0.15) is 25.7 Å². The summed E-state index contributed by atoms with van der Waals surface area (Å²) in [6.07, 6.45) is 5.80. The third-order valence-corrected chi connectivity index (χ3v) is 6.69. The second-order valence-electron chi connectivity index (χ2n) is 6.57. The largest absolute Gasteiger partial charge is 0.352 e. The summed E-state index contributed by atoms with van der Waals surface area (Å²) in [6, 6.07) is 7.23. The number of hydrogen-bond donors (Lipinski definition) is 1. The van der Waals surface area contributed by atoms with Gasteiger partial charge in [-0.2, -0.15) is 0 Å². The average Bonchev–Trinajstić information content (AvgIpc) is 3.07. The molecule has 3 atom stereocenters. The lowest BCUT2D eigenvalue weighted by molar-refractivity contribution is -0.120. The molecule has 2 aliphatic rings. The number of halogens is 1. The minimum atomic E-state index is -3.54. The minimum absolute atomic E-state index is 0.185. The number of nitrogens with one attached hydrogen (secondary N) is 1. The van der Waals surface area contributed by atoms with E-state index in [1.165, 1.54) is 19.3 Å². The van der Waals surface area contributed by atoms with Gasteiger partial charge in [-0.25, -0.2) is 8.42 Å². The fourth-order valence-corrected chi connectivity index (χ4v) is 5.32. The van der Waals surface area contributed by atoms with Crippen molar-refractivity contribution in [2.45, 2.75) is 31.7 Å². The molecule has 2 aliphatic carbocycles. The molecular formula is C16H21BrN2O3S. The van der Waals surface area contributed by atoms with Crippen molar-refractivity contribution >= 4 is 37.5 Å². The lowest BCUT2D eigenvalue weighted by Crippen LogP contribution is -2.45. The van der Waals surface area contributed by atoms with Crippen molar-refractivity contribution in [3.05, 3.63) is 28.7 Å². The van der Waals surface area contributed by atoms with E-state index in [4.69, 9.17) is 0 Å². The molecule has 2 fully saturated rings. The fourth-order valence-electron chi connectivity index (χ4n) is 3.84. The molecule has 0 radical (unpaired) electrons. The average molecular weight is 401 g/mol. The molecule has 7 heteroatoms. The Balaban J connectivity index is 1.72. The van der Waals surface area contributed by atoms with Crippen LogP contribution in [0.25, 0.3) is 0 Å². The highest BCUT2D eigenvalue weighted by atomic mass is 79.9. The SMILES string of the molecule is CS(=O)(=O)N(CC(=O)NC1CC2CCC1C2)c1ccccc1Br. The minimum Gasteiger partial charge on any atom is -0.352 e. The molecule has 1 aromatic carbocycles. The van der Waals surface area contributed by atoms with Crippen LogP contribution in [0, 0.1) is 11.8 Å². The summed E-state index contributed by atoms with van der Waals surface area (Å²) >= 11 is 3.36. The molecule has 0 aliphatic heterocycles. The molecule has 2 saturated carbocycles. The van der Waals surface area contributed by atoms with Crippen LogP contribution in [-0.2, 0) is 14.8 Å². The summed E-state index contributed by atoms with van der Waals surface area (Å²) in [6.45, 7) is -0.185. The van der Waals surface area contributed by atoms with Crippen LogP contribution >= 0.6 is 15.9 Å². The van der Waals surface area contributed by atoms with Crippen LogP contribution in [0.3, 0.4) is 0 Å². The third-order valence-electron chi connectivity index (χ3n) is 4.89. The van der Waals surface area contributed by atoms with E-state index in [0.29, 0.717) is 16.1 Å². The van der Waals surface area contributed by atoms with Crippen molar-refractivity contribution in [2.24, 2.45) is 11.8 Å². The summed E-state index contributed by atoms with van der Waals surface area (Å²) < 4.78 is 26.0. The maximum Gasteiger partial charge on any atom is 0.241 e. The summed E-state index contributed by atoms with van der Waals surface area (Å²) in [5, 5.41) is 3.04. The molecule has 23 heavy (non-hydrogen) atoms. The van der Waals surface area contributed by atoms with Crippen molar-refractivity contribution in [1.82, 2.24) is 5.32 Å². The molecule has 126 valence electrons. The van der Waals surface area contributed by atoms with Crippen LogP contribution in [-0.4, -0.2) is 33.2 Å². The maximum absolute atomic E-state index is 12.4. The second-order valence-corrected chi connectivity index (χ2v) is 9.33. The van der Waals surface area contributed by atoms with Crippen molar-refractivity contribution in [1.29, 1.82) is 0 Å². The Morgan fingerprint density at radius 2 is 2.04 bits per heavy atom. The molecule has 0 heterocycles. The molecule has 2 bridgehead atoms. The van der Waals surface area contributed by atoms with Crippen LogP contribution in [0.4, 0.5) is 5.69 Å². The Hall–Kier alpha value is -1.08. The van der Waals surface area contributed by atoms with E-state index < -0.39 is 10.0 Å². The van der Waals surface area contributed by atoms with Gasteiger partial charge in [-0.05, 0) is 59.2 Å². The molecule has 3 rings (SSSR count). The van der Waals surface area contributed by atoms with Crippen LogP contribution in [0.5, 0.6) is 0 Å². The molecule has 0 spiro atoms. The summed E-state index contributed by atoms with van der Waals surface area (Å²) in [7, 11) is -3.54.